The number of benzene rings is 2. The van der Waals surface area contributed by atoms with E-state index in [4.69, 9.17) is 4.74 Å². The minimum absolute atomic E-state index is 0.0864. The summed E-state index contributed by atoms with van der Waals surface area (Å²) in [6.45, 7) is 5.00. The summed E-state index contributed by atoms with van der Waals surface area (Å²) in [5.74, 6) is -0.363. The molecule has 2 rings (SSSR count). The Balaban J connectivity index is 1.77. The predicted molar refractivity (Wildman–Crippen MR) is 107 cm³/mol. The van der Waals surface area contributed by atoms with Crippen molar-refractivity contribution >= 4 is 35.1 Å². The van der Waals surface area contributed by atoms with E-state index in [1.54, 1.807) is 36.0 Å². The molecular formula is C21H23NO4S. The molecule has 0 aliphatic heterocycles. The van der Waals surface area contributed by atoms with E-state index in [1.165, 1.54) is 19.4 Å². The van der Waals surface area contributed by atoms with Gasteiger partial charge in [-0.25, -0.2) is 0 Å². The predicted octanol–water partition coefficient (Wildman–Crippen LogP) is 4.25. The number of hydrogen-bond donors (Lipinski definition) is 1. The number of rotatable bonds is 8. The average molecular weight is 385 g/mol. The number of ketones is 1. The van der Waals surface area contributed by atoms with E-state index in [2.05, 4.69) is 5.32 Å². The lowest BCUT2D eigenvalue weighted by atomic mass is 10.1. The van der Waals surface area contributed by atoms with Crippen molar-refractivity contribution in [3.05, 3.63) is 59.7 Å². The summed E-state index contributed by atoms with van der Waals surface area (Å²) in [5.41, 5.74) is 2.18. The molecule has 0 heterocycles. The Bertz CT molecular complexity index is 817. The van der Waals surface area contributed by atoms with Gasteiger partial charge in [0.15, 0.2) is 11.9 Å². The first kappa shape index (κ1) is 20.7. The Morgan fingerprint density at radius 2 is 1.81 bits per heavy atom. The van der Waals surface area contributed by atoms with E-state index < -0.39 is 18.0 Å². The fourth-order valence-corrected chi connectivity index (χ4v) is 3.09. The van der Waals surface area contributed by atoms with Gasteiger partial charge in [0.25, 0.3) is 5.91 Å². The number of ether oxygens (including phenoxy) is 1. The number of esters is 1. The van der Waals surface area contributed by atoms with Crippen LogP contribution in [0.15, 0.2) is 53.4 Å². The monoisotopic (exact) mass is 385 g/mol. The Kier molecular flexibility index (Phi) is 7.61. The van der Waals surface area contributed by atoms with Crippen molar-refractivity contribution in [2.75, 3.05) is 11.1 Å². The quantitative estimate of drug-likeness (QED) is 0.418. The lowest BCUT2D eigenvalue weighted by Gasteiger charge is -2.14. The molecule has 0 unspecified atom stereocenters. The van der Waals surface area contributed by atoms with Crippen LogP contribution >= 0.6 is 11.8 Å². The van der Waals surface area contributed by atoms with Crippen molar-refractivity contribution in [2.45, 2.75) is 38.2 Å². The van der Waals surface area contributed by atoms with Crippen LogP contribution in [-0.4, -0.2) is 29.5 Å². The molecule has 5 nitrogen and oxygen atoms in total. The van der Waals surface area contributed by atoms with Crippen LogP contribution in [0.25, 0.3) is 0 Å². The van der Waals surface area contributed by atoms with Crippen molar-refractivity contribution in [2.24, 2.45) is 0 Å². The summed E-state index contributed by atoms with van der Waals surface area (Å²) in [6.07, 6.45) is -0.696. The van der Waals surface area contributed by atoms with Crippen LogP contribution in [0.3, 0.4) is 0 Å². The maximum Gasteiger partial charge on any atom is 0.307 e. The number of carbonyl (C=O) groups excluding carboxylic acids is 3. The molecule has 1 N–H and O–H groups in total. The molecule has 142 valence electrons. The van der Waals surface area contributed by atoms with Gasteiger partial charge in [-0.05, 0) is 45.0 Å². The molecular weight excluding hydrogens is 362 g/mol. The number of Topliss-reactive ketones (excluding diaryl/α,β-unsaturated/α-hetero) is 1. The molecule has 0 radical (unpaired) electrons. The average Bonchev–Trinajstić information content (AvgIpc) is 2.63. The zero-order valence-corrected chi connectivity index (χ0v) is 16.5. The van der Waals surface area contributed by atoms with Gasteiger partial charge in [-0.1, -0.05) is 29.8 Å². The van der Waals surface area contributed by atoms with Crippen molar-refractivity contribution < 1.29 is 19.1 Å². The molecule has 2 aromatic carbocycles. The van der Waals surface area contributed by atoms with Crippen molar-refractivity contribution in [3.63, 3.8) is 0 Å². The highest BCUT2D eigenvalue weighted by atomic mass is 32.2. The fourth-order valence-electron chi connectivity index (χ4n) is 2.26. The van der Waals surface area contributed by atoms with Crippen molar-refractivity contribution in [1.82, 2.24) is 0 Å². The highest BCUT2D eigenvalue weighted by molar-refractivity contribution is 7.99. The summed E-state index contributed by atoms with van der Waals surface area (Å²) >= 11 is 1.57. The summed E-state index contributed by atoms with van der Waals surface area (Å²) in [4.78, 5) is 36.6. The summed E-state index contributed by atoms with van der Waals surface area (Å²) in [6, 6.07) is 14.7. The van der Waals surface area contributed by atoms with E-state index in [0.29, 0.717) is 17.0 Å². The molecule has 0 fully saturated rings. The van der Waals surface area contributed by atoms with Crippen LogP contribution in [0, 0.1) is 6.92 Å². The van der Waals surface area contributed by atoms with Crippen LogP contribution in [0.5, 0.6) is 0 Å². The van der Waals surface area contributed by atoms with E-state index in [-0.39, 0.29) is 12.2 Å². The first-order valence-electron chi connectivity index (χ1n) is 8.66. The van der Waals surface area contributed by atoms with Crippen LogP contribution in [-0.2, 0) is 14.3 Å². The largest absolute Gasteiger partial charge is 0.453 e. The molecule has 0 aliphatic carbocycles. The molecule has 1 amide bonds. The molecule has 0 spiro atoms. The van der Waals surface area contributed by atoms with Gasteiger partial charge in [0, 0.05) is 21.9 Å². The number of hydrogen-bond acceptors (Lipinski definition) is 5. The third-order valence-electron chi connectivity index (χ3n) is 3.81. The Hall–Kier alpha value is -2.60. The Morgan fingerprint density at radius 1 is 1.11 bits per heavy atom. The lowest BCUT2D eigenvalue weighted by Crippen LogP contribution is -2.30. The zero-order chi connectivity index (χ0) is 19.8. The van der Waals surface area contributed by atoms with Gasteiger partial charge in [0.1, 0.15) is 0 Å². The number of amides is 1. The third-order valence-corrected chi connectivity index (χ3v) is 4.82. The van der Waals surface area contributed by atoms with Gasteiger partial charge in [-0.3, -0.25) is 14.4 Å². The molecule has 0 saturated carbocycles. The van der Waals surface area contributed by atoms with E-state index in [0.717, 1.165) is 4.90 Å². The number of nitrogens with one attached hydrogen (secondary N) is 1. The summed E-state index contributed by atoms with van der Waals surface area (Å²) in [5, 5.41) is 2.66. The van der Waals surface area contributed by atoms with E-state index in [1.807, 2.05) is 31.2 Å². The van der Waals surface area contributed by atoms with Gasteiger partial charge in [0.05, 0.1) is 6.42 Å². The number of carbonyl (C=O) groups is 3. The highest BCUT2D eigenvalue weighted by Gasteiger charge is 2.18. The second-order valence-electron chi connectivity index (χ2n) is 6.17. The smallest absolute Gasteiger partial charge is 0.307 e. The minimum Gasteiger partial charge on any atom is -0.453 e. The fraction of sp³-hybridized carbons (Fsp3) is 0.286. The first-order chi connectivity index (χ1) is 12.8. The van der Waals surface area contributed by atoms with Gasteiger partial charge in [-0.15, -0.1) is 11.8 Å². The molecule has 0 saturated heterocycles. The van der Waals surface area contributed by atoms with Crippen LogP contribution in [0.1, 0.15) is 36.2 Å². The highest BCUT2D eigenvalue weighted by Crippen LogP contribution is 2.19. The summed E-state index contributed by atoms with van der Waals surface area (Å²) < 4.78 is 5.19. The maximum atomic E-state index is 12.2. The van der Waals surface area contributed by atoms with Gasteiger partial charge >= 0.3 is 5.97 Å². The Labute approximate surface area is 163 Å². The molecule has 6 heteroatoms. The second-order valence-corrected chi connectivity index (χ2v) is 7.34. The lowest BCUT2D eigenvalue weighted by molar-refractivity contribution is -0.152. The van der Waals surface area contributed by atoms with Crippen LogP contribution in [0.4, 0.5) is 5.69 Å². The normalized spacial score (nSPS) is 11.5. The zero-order valence-electron chi connectivity index (χ0n) is 15.7. The van der Waals surface area contributed by atoms with Gasteiger partial charge < -0.3 is 10.1 Å². The molecule has 0 aromatic heterocycles. The van der Waals surface area contributed by atoms with Crippen LogP contribution < -0.4 is 5.32 Å². The molecule has 2 aromatic rings. The molecule has 1 atom stereocenters. The van der Waals surface area contributed by atoms with E-state index in [9.17, 15) is 14.4 Å². The maximum absolute atomic E-state index is 12.2. The number of anilines is 1. The first-order valence-corrected chi connectivity index (χ1v) is 9.64. The van der Waals surface area contributed by atoms with Crippen molar-refractivity contribution in [1.29, 1.82) is 0 Å². The SMILES string of the molecule is CC(=O)c1cccc(NC(=O)[C@H](C)OC(=O)CCSc2ccc(C)cc2)c1. The molecule has 27 heavy (non-hydrogen) atoms. The molecule has 0 bridgehead atoms. The van der Waals surface area contributed by atoms with Gasteiger partial charge in [0.2, 0.25) is 0 Å². The van der Waals surface area contributed by atoms with E-state index >= 15 is 0 Å². The minimum atomic E-state index is -0.914. The number of thioether (sulfide) groups is 1. The number of aryl methyl sites for hydroxylation is 1. The Morgan fingerprint density at radius 3 is 2.48 bits per heavy atom. The third kappa shape index (κ3) is 6.90. The topological polar surface area (TPSA) is 72.5 Å². The standard InChI is InChI=1S/C21H23NO4S/c1-14-7-9-19(10-8-14)27-12-11-20(24)26-16(3)21(25)22-18-6-4-5-17(13-18)15(2)23/h4-10,13,16H,11-12H2,1-3H3,(H,22,25)/t16-/m0/s1. The molecule has 0 aliphatic rings. The second kappa shape index (κ2) is 9.92. The van der Waals surface area contributed by atoms with Crippen molar-refractivity contribution in [3.8, 4) is 0 Å². The van der Waals surface area contributed by atoms with Gasteiger partial charge in [-0.2, -0.15) is 0 Å². The summed E-state index contributed by atoms with van der Waals surface area (Å²) in [7, 11) is 0. The van der Waals surface area contributed by atoms with Crippen LogP contribution in [0.2, 0.25) is 0 Å².